The Balaban J connectivity index is 1.38. The van der Waals surface area contributed by atoms with Gasteiger partial charge in [-0.2, -0.15) is 15.3 Å². The molecule has 4 aromatic rings. The van der Waals surface area contributed by atoms with Crippen LogP contribution in [0, 0.1) is 6.92 Å². The predicted octanol–water partition coefficient (Wildman–Crippen LogP) is 6.48. The van der Waals surface area contributed by atoms with E-state index in [9.17, 15) is 0 Å². The molecule has 1 aromatic heterocycles. The Morgan fingerprint density at radius 1 is 0.946 bits per heavy atom. The van der Waals surface area contributed by atoms with E-state index in [2.05, 4.69) is 31.3 Å². The number of nitrogens with one attached hydrogen (secondary N) is 2. The predicted molar refractivity (Wildman–Crippen MR) is 144 cm³/mol. The Kier molecular flexibility index (Phi) is 5.90. The molecule has 0 bridgehead atoms. The number of aliphatic imine (C=N–C) groups is 1. The van der Waals surface area contributed by atoms with Crippen molar-refractivity contribution in [3.63, 3.8) is 0 Å². The van der Waals surface area contributed by atoms with Crippen molar-refractivity contribution < 1.29 is 4.52 Å². The first-order valence-corrected chi connectivity index (χ1v) is 12.2. The molecule has 2 N–H and O–H groups in total. The van der Waals surface area contributed by atoms with Gasteiger partial charge in [0.1, 0.15) is 11.7 Å². The van der Waals surface area contributed by atoms with Crippen molar-refractivity contribution in [2.24, 2.45) is 20.3 Å². The molecule has 2 atom stereocenters. The van der Waals surface area contributed by atoms with Gasteiger partial charge in [-0.3, -0.25) is 5.43 Å². The highest BCUT2D eigenvalue weighted by molar-refractivity contribution is 6.30. The zero-order valence-electron chi connectivity index (χ0n) is 20.1. The lowest BCUT2D eigenvalue weighted by molar-refractivity contribution is 0.389. The Labute approximate surface area is 218 Å². The Hall–Kier alpha value is -4.50. The molecular formula is C27H23ClN8O. The van der Waals surface area contributed by atoms with E-state index >= 15 is 0 Å². The van der Waals surface area contributed by atoms with Gasteiger partial charge in [0.05, 0.1) is 17.0 Å². The molecule has 2 unspecified atom stereocenters. The molecule has 37 heavy (non-hydrogen) atoms. The lowest BCUT2D eigenvalue weighted by Crippen LogP contribution is -2.46. The first kappa shape index (κ1) is 22.9. The third kappa shape index (κ3) is 4.45. The zero-order chi connectivity index (χ0) is 25.4. The van der Waals surface area contributed by atoms with Crippen LogP contribution in [0.1, 0.15) is 29.7 Å². The molecule has 0 aliphatic carbocycles. The molecule has 0 amide bonds. The van der Waals surface area contributed by atoms with Crippen LogP contribution in [0.3, 0.4) is 0 Å². The number of hydrogen-bond donors (Lipinski definition) is 2. The van der Waals surface area contributed by atoms with Gasteiger partial charge < -0.3 is 4.52 Å². The number of aryl methyl sites for hydroxylation is 1. The minimum absolute atomic E-state index is 0.316. The molecule has 10 heteroatoms. The second-order valence-corrected chi connectivity index (χ2v) is 9.25. The number of benzene rings is 3. The first-order chi connectivity index (χ1) is 18.1. The number of rotatable bonds is 4. The second kappa shape index (κ2) is 9.51. The van der Waals surface area contributed by atoms with Crippen molar-refractivity contribution in [2.75, 3.05) is 5.43 Å². The molecule has 0 spiro atoms. The lowest BCUT2D eigenvalue weighted by Gasteiger charge is -2.29. The highest BCUT2D eigenvalue weighted by atomic mass is 35.5. The van der Waals surface area contributed by atoms with Crippen LogP contribution in [-0.2, 0) is 0 Å². The van der Waals surface area contributed by atoms with Crippen LogP contribution in [0.25, 0.3) is 11.3 Å². The van der Waals surface area contributed by atoms with Crippen molar-refractivity contribution in [1.29, 1.82) is 0 Å². The highest BCUT2D eigenvalue weighted by Crippen LogP contribution is 2.45. The molecule has 0 saturated carbocycles. The summed E-state index contributed by atoms with van der Waals surface area (Å²) in [6.45, 7) is 3.89. The van der Waals surface area contributed by atoms with E-state index in [-0.39, 0.29) is 6.04 Å². The average Bonchev–Trinajstić information content (AvgIpc) is 3.50. The van der Waals surface area contributed by atoms with E-state index in [1.54, 1.807) is 0 Å². The number of halogens is 1. The summed E-state index contributed by atoms with van der Waals surface area (Å²) in [6.07, 6.45) is -0.580. The molecule has 184 valence electrons. The van der Waals surface area contributed by atoms with Crippen molar-refractivity contribution in [3.8, 4) is 11.3 Å². The molecule has 6 rings (SSSR count). The quantitative estimate of drug-likeness (QED) is 0.306. The minimum Gasteiger partial charge on any atom is -0.336 e. The van der Waals surface area contributed by atoms with Crippen molar-refractivity contribution in [3.05, 3.63) is 101 Å². The molecule has 2 aliphatic rings. The Bertz CT molecular complexity index is 1510. The number of hydrazine groups is 1. The fourth-order valence-electron chi connectivity index (χ4n) is 4.27. The van der Waals surface area contributed by atoms with Crippen molar-refractivity contribution >= 4 is 34.8 Å². The van der Waals surface area contributed by atoms with Crippen LogP contribution < -0.4 is 10.9 Å². The lowest BCUT2D eigenvalue weighted by atomic mass is 9.96. The second-order valence-electron chi connectivity index (χ2n) is 8.82. The van der Waals surface area contributed by atoms with E-state index in [1.807, 2.05) is 97.7 Å². The van der Waals surface area contributed by atoms with E-state index < -0.39 is 6.17 Å². The maximum absolute atomic E-state index is 6.20. The third-order valence-corrected chi connectivity index (χ3v) is 6.46. The number of aromatic nitrogens is 1. The Morgan fingerprint density at radius 3 is 2.46 bits per heavy atom. The van der Waals surface area contributed by atoms with Crippen LogP contribution in [0.5, 0.6) is 0 Å². The molecule has 3 heterocycles. The number of nitrogens with zero attached hydrogens (tertiary/aromatic N) is 6. The number of hydrazone groups is 1. The minimum atomic E-state index is -0.580. The molecule has 0 saturated heterocycles. The van der Waals surface area contributed by atoms with E-state index in [0.29, 0.717) is 22.6 Å². The van der Waals surface area contributed by atoms with Gasteiger partial charge in [0.15, 0.2) is 0 Å². The van der Waals surface area contributed by atoms with Crippen LogP contribution >= 0.6 is 11.6 Å². The highest BCUT2D eigenvalue weighted by Gasteiger charge is 2.41. The molecule has 2 aliphatic heterocycles. The molecule has 9 nitrogen and oxygen atoms in total. The maximum Gasteiger partial charge on any atom is 0.249 e. The topological polar surface area (TPSA) is 103 Å². The van der Waals surface area contributed by atoms with Crippen molar-refractivity contribution in [2.45, 2.75) is 26.1 Å². The molecule has 0 radical (unpaired) electrons. The van der Waals surface area contributed by atoms with Crippen LogP contribution in [-0.4, -0.2) is 28.0 Å². The van der Waals surface area contributed by atoms with Crippen LogP contribution in [0.4, 0.5) is 11.6 Å². The van der Waals surface area contributed by atoms with Gasteiger partial charge in [-0.15, -0.1) is 0 Å². The summed E-state index contributed by atoms with van der Waals surface area (Å²) < 4.78 is 5.73. The summed E-state index contributed by atoms with van der Waals surface area (Å²) in [5.41, 5.74) is 12.5. The third-order valence-electron chi connectivity index (χ3n) is 6.21. The Morgan fingerprint density at radius 2 is 1.70 bits per heavy atom. The van der Waals surface area contributed by atoms with Gasteiger partial charge in [0.2, 0.25) is 18.0 Å². The average molecular weight is 511 g/mol. The van der Waals surface area contributed by atoms with Gasteiger partial charge >= 0.3 is 0 Å². The smallest absolute Gasteiger partial charge is 0.249 e. The maximum atomic E-state index is 6.20. The summed E-state index contributed by atoms with van der Waals surface area (Å²) in [7, 11) is 0. The number of hydrogen-bond acceptors (Lipinski definition) is 9. The fraction of sp³-hybridized carbons (Fsp3) is 0.148. The zero-order valence-corrected chi connectivity index (χ0v) is 20.9. The molecule has 0 fully saturated rings. The fourth-order valence-corrected chi connectivity index (χ4v) is 4.39. The monoisotopic (exact) mass is 510 g/mol. The van der Waals surface area contributed by atoms with Gasteiger partial charge in [-0.1, -0.05) is 76.9 Å². The van der Waals surface area contributed by atoms with Gasteiger partial charge in [-0.25, -0.2) is 15.4 Å². The molecular weight excluding hydrogens is 488 g/mol. The van der Waals surface area contributed by atoms with E-state index in [0.717, 1.165) is 33.6 Å². The standard InChI is InChI=1S/C27H23ClN8O/c1-16-8-14-21(15-9-16)31-32-25-17(2)30-33-27(29-25)36-24(19-10-12-20(28)13-11-19)22-23(35-37-26(22)34-36)18-6-4-3-5-7-18/h3-15,24-25,34H,1-2H3,(H,29,33). The number of azo groups is 1. The number of fused-ring (bicyclic) bond motifs is 1. The van der Waals surface area contributed by atoms with E-state index in [4.69, 9.17) is 21.1 Å². The SMILES string of the molecule is CC1=NNC(N2Nc3onc(-c4ccccc4)c3C2c2ccc(Cl)cc2)=NC1N=Nc1ccc(C)cc1. The van der Waals surface area contributed by atoms with Crippen LogP contribution in [0.2, 0.25) is 5.02 Å². The van der Waals surface area contributed by atoms with Gasteiger partial charge in [0, 0.05) is 10.6 Å². The van der Waals surface area contributed by atoms with Crippen molar-refractivity contribution in [1.82, 2.24) is 15.6 Å². The summed E-state index contributed by atoms with van der Waals surface area (Å²) in [4.78, 5) is 4.83. The summed E-state index contributed by atoms with van der Waals surface area (Å²) >= 11 is 6.20. The largest absolute Gasteiger partial charge is 0.336 e. The van der Waals surface area contributed by atoms with Crippen LogP contribution in [0.15, 0.2) is 104 Å². The van der Waals surface area contributed by atoms with Gasteiger partial charge in [0.25, 0.3) is 0 Å². The summed E-state index contributed by atoms with van der Waals surface area (Å²) in [6, 6.07) is 25.1. The summed E-state index contributed by atoms with van der Waals surface area (Å²) in [5, 5.41) is 20.2. The molecule has 3 aromatic carbocycles. The van der Waals surface area contributed by atoms with Gasteiger partial charge in [-0.05, 0) is 43.7 Å². The normalized spacial score (nSPS) is 18.7. The summed E-state index contributed by atoms with van der Waals surface area (Å²) in [5.74, 6) is 1.01. The number of guanidine groups is 1. The number of anilines is 1. The van der Waals surface area contributed by atoms with E-state index in [1.165, 1.54) is 0 Å². The first-order valence-electron chi connectivity index (χ1n) is 11.8.